The van der Waals surface area contributed by atoms with Gasteiger partial charge in [0, 0.05) is 5.92 Å². The zero-order valence-electron chi connectivity index (χ0n) is 11.3. The van der Waals surface area contributed by atoms with Gasteiger partial charge >= 0.3 is 5.97 Å². The Kier molecular flexibility index (Phi) is 7.39. The average Bonchev–Trinajstić information content (AvgIpc) is 2.38. The van der Waals surface area contributed by atoms with E-state index in [9.17, 15) is 4.79 Å². The summed E-state index contributed by atoms with van der Waals surface area (Å²) in [5.41, 5.74) is 2.28. The fraction of sp³-hybridized carbons (Fsp3) is 0.357. The predicted molar refractivity (Wildman–Crippen MR) is 88.2 cm³/mol. The van der Waals surface area contributed by atoms with Gasteiger partial charge in [-0.3, -0.25) is 4.79 Å². The number of rotatable bonds is 6. The molecule has 0 saturated heterocycles. The van der Waals surface area contributed by atoms with Gasteiger partial charge in [0.15, 0.2) is 0 Å². The molecule has 19 heavy (non-hydrogen) atoms. The number of carbonyl (C=O) groups is 1. The fourth-order valence-corrected chi connectivity index (χ4v) is 2.75. The highest BCUT2D eigenvalue weighted by Crippen LogP contribution is 2.29. The second-order valence-electron chi connectivity index (χ2n) is 4.38. The van der Waals surface area contributed by atoms with E-state index in [1.807, 2.05) is 38.1 Å². The Hall–Kier alpha value is -0.610. The summed E-state index contributed by atoms with van der Waals surface area (Å²) in [6.45, 7) is 4.46. The van der Waals surface area contributed by atoms with Crippen LogP contribution in [0.3, 0.4) is 0 Å². The first-order valence-electron chi connectivity index (χ1n) is 5.91. The van der Waals surface area contributed by atoms with Crippen LogP contribution in [0, 0.1) is 0 Å². The lowest BCUT2D eigenvalue weighted by Gasteiger charge is -2.13. The van der Waals surface area contributed by atoms with Gasteiger partial charge in [-0.05, 0) is 53.6 Å². The van der Waals surface area contributed by atoms with Crippen molar-refractivity contribution in [3.63, 3.8) is 0 Å². The van der Waals surface area contributed by atoms with E-state index in [-0.39, 0.29) is 11.9 Å². The third-order valence-corrected chi connectivity index (χ3v) is 3.59. The van der Waals surface area contributed by atoms with Crippen LogP contribution in [0.15, 0.2) is 35.9 Å². The lowest BCUT2D eigenvalue weighted by molar-refractivity contribution is -0.140. The van der Waals surface area contributed by atoms with E-state index in [0.717, 1.165) is 11.3 Å². The molecule has 0 aromatic heterocycles. The molecule has 1 rings (SSSR count). The van der Waals surface area contributed by atoms with Crippen molar-refractivity contribution < 1.29 is 14.1 Å². The van der Waals surface area contributed by atoms with Crippen molar-refractivity contribution in [2.45, 2.75) is 26.2 Å². The normalized spacial score (nSPS) is 12.2. The Labute approximate surface area is 129 Å². The number of benzene rings is 1. The van der Waals surface area contributed by atoms with Crippen molar-refractivity contribution >= 4 is 34.5 Å². The smallest absolute Gasteiger partial charge is 0.306 e. The molecule has 0 aliphatic heterocycles. The second-order valence-corrected chi connectivity index (χ2v) is 6.06. The minimum absolute atomic E-state index is 0.0496. The zero-order chi connectivity index (χ0) is 14.3. The molecule has 0 fully saturated rings. The van der Waals surface area contributed by atoms with Crippen LogP contribution in [-0.2, 0) is 9.53 Å². The zero-order valence-corrected chi connectivity index (χ0v) is 14.4. The summed E-state index contributed by atoms with van der Waals surface area (Å²) in [7, 11) is 1.42. The summed E-state index contributed by atoms with van der Waals surface area (Å²) < 4.78 is 10.2. The van der Waals surface area contributed by atoms with Crippen molar-refractivity contribution in [1.82, 2.24) is 0 Å². The third kappa shape index (κ3) is 5.91. The molecule has 0 heterocycles. The van der Waals surface area contributed by atoms with Crippen molar-refractivity contribution in [3.05, 3.63) is 41.5 Å². The topological polar surface area (TPSA) is 35.5 Å². The maximum atomic E-state index is 11.5. The van der Waals surface area contributed by atoms with Gasteiger partial charge in [-0.15, -0.1) is 0 Å². The van der Waals surface area contributed by atoms with Gasteiger partial charge in [0.2, 0.25) is 0 Å². The van der Waals surface area contributed by atoms with Crippen LogP contribution in [0.4, 0.5) is 0 Å². The quantitative estimate of drug-likeness (QED) is 0.307. The third-order valence-electron chi connectivity index (χ3n) is 2.61. The molecule has 2 unspecified atom stereocenters. The Morgan fingerprint density at radius 3 is 2.47 bits per heavy atom. The van der Waals surface area contributed by atoms with E-state index < -0.39 is 0 Å². The molecule has 5 heteroatoms. The van der Waals surface area contributed by atoms with Crippen molar-refractivity contribution in [2.24, 2.45) is 0 Å². The molecule has 1 aromatic rings. The van der Waals surface area contributed by atoms with E-state index in [1.54, 1.807) is 0 Å². The maximum absolute atomic E-state index is 11.5. The highest BCUT2D eigenvalue weighted by Gasteiger charge is 2.14. The van der Waals surface area contributed by atoms with E-state index in [4.69, 9.17) is 9.26 Å². The van der Waals surface area contributed by atoms with Crippen molar-refractivity contribution in [2.75, 3.05) is 7.11 Å². The van der Waals surface area contributed by atoms with E-state index >= 15 is 0 Å². The highest BCUT2D eigenvalue weighted by atomic mass is 127. The van der Waals surface area contributed by atoms with Crippen molar-refractivity contribution in [1.29, 1.82) is 0 Å². The monoisotopic (exact) mass is 392 g/mol. The fourth-order valence-electron chi connectivity index (χ4n) is 1.77. The average molecular weight is 392 g/mol. The molecule has 0 saturated carbocycles. The van der Waals surface area contributed by atoms with Gasteiger partial charge in [0.1, 0.15) is 12.2 Å². The molecular formula is C14H18IO3P. The van der Waals surface area contributed by atoms with Gasteiger partial charge in [0.05, 0.1) is 13.5 Å². The van der Waals surface area contributed by atoms with Crippen LogP contribution < -0.4 is 4.52 Å². The minimum Gasteiger partial charge on any atom is -0.469 e. The van der Waals surface area contributed by atoms with Crippen LogP contribution >= 0.6 is 28.5 Å². The Balaban J connectivity index is 2.90. The molecule has 0 bridgehead atoms. The summed E-state index contributed by atoms with van der Waals surface area (Å²) in [5.74, 6) is 0.704. The number of hydrogen-bond donors (Lipinski definition) is 0. The number of methoxy groups -OCH3 is 1. The number of ether oxygens (including phenoxy) is 1. The standard InChI is InChI=1S/C14H18IO3P/c1-10(2)8-12(9-14(16)17-3)11-4-6-13(7-5-11)18-19-15/h4-8,12,19H,9H2,1-3H3. The van der Waals surface area contributed by atoms with Crippen molar-refractivity contribution in [3.8, 4) is 5.75 Å². The first kappa shape index (κ1) is 16.4. The summed E-state index contributed by atoms with van der Waals surface area (Å²) >= 11 is 2.18. The maximum Gasteiger partial charge on any atom is 0.306 e. The minimum atomic E-state index is -0.198. The summed E-state index contributed by atoms with van der Waals surface area (Å²) in [6.07, 6.45) is 2.45. The molecular weight excluding hydrogens is 374 g/mol. The first-order chi connectivity index (χ1) is 9.06. The van der Waals surface area contributed by atoms with Crippen LogP contribution in [0.5, 0.6) is 5.75 Å². The number of esters is 1. The summed E-state index contributed by atoms with van der Waals surface area (Å²) in [4.78, 5) is 11.5. The predicted octanol–water partition coefficient (Wildman–Crippen LogP) is 4.62. The largest absolute Gasteiger partial charge is 0.469 e. The van der Waals surface area contributed by atoms with Gasteiger partial charge in [-0.2, -0.15) is 0 Å². The summed E-state index contributed by atoms with van der Waals surface area (Å²) in [6, 6.07) is 7.87. The van der Waals surface area contributed by atoms with Gasteiger partial charge in [-0.25, -0.2) is 0 Å². The molecule has 0 aliphatic carbocycles. The Morgan fingerprint density at radius 1 is 1.37 bits per heavy atom. The van der Waals surface area contributed by atoms with E-state index in [2.05, 4.69) is 28.1 Å². The number of carbonyl (C=O) groups excluding carboxylic acids is 1. The molecule has 1 aromatic carbocycles. The Morgan fingerprint density at radius 2 is 2.00 bits per heavy atom. The first-order valence-corrected chi connectivity index (χ1v) is 9.93. The van der Waals surface area contributed by atoms with E-state index in [0.29, 0.717) is 12.9 Å². The van der Waals surface area contributed by atoms with Crippen LogP contribution in [-0.4, -0.2) is 13.1 Å². The van der Waals surface area contributed by atoms with Gasteiger partial charge in [-0.1, -0.05) is 23.8 Å². The highest BCUT2D eigenvalue weighted by molar-refractivity contribution is 14.2. The molecule has 0 aliphatic rings. The number of allylic oxidation sites excluding steroid dienone is 2. The van der Waals surface area contributed by atoms with Crippen LogP contribution in [0.1, 0.15) is 31.7 Å². The number of hydrogen-bond acceptors (Lipinski definition) is 3. The van der Waals surface area contributed by atoms with Crippen LogP contribution in [0.25, 0.3) is 0 Å². The van der Waals surface area contributed by atoms with Crippen LogP contribution in [0.2, 0.25) is 0 Å². The molecule has 0 radical (unpaired) electrons. The SMILES string of the molecule is COC(=O)CC(C=C(C)C)c1ccc(OPI)cc1. The molecule has 0 spiro atoms. The molecule has 0 N–H and O–H groups in total. The molecule has 3 nitrogen and oxygen atoms in total. The summed E-state index contributed by atoms with van der Waals surface area (Å²) in [5, 5.41) is 0. The molecule has 0 amide bonds. The van der Waals surface area contributed by atoms with E-state index in [1.165, 1.54) is 12.7 Å². The van der Waals surface area contributed by atoms with Gasteiger partial charge in [0.25, 0.3) is 0 Å². The second kappa shape index (κ2) is 8.54. The molecule has 104 valence electrons. The van der Waals surface area contributed by atoms with Gasteiger partial charge < -0.3 is 9.26 Å². The Bertz CT molecular complexity index is 439. The number of halogens is 1. The lowest BCUT2D eigenvalue weighted by atomic mass is 9.94. The molecule has 2 atom stereocenters. The lowest BCUT2D eigenvalue weighted by Crippen LogP contribution is -2.07.